The van der Waals surface area contributed by atoms with Crippen LogP contribution in [0, 0.1) is 6.92 Å². The molecule has 0 bridgehead atoms. The molecule has 0 saturated heterocycles. The van der Waals surface area contributed by atoms with Crippen molar-refractivity contribution >= 4 is 50.7 Å². The lowest BCUT2D eigenvalue weighted by Gasteiger charge is -2.32. The maximum absolute atomic E-state index is 13.8. The molecule has 0 aromatic heterocycles. The van der Waals surface area contributed by atoms with Gasteiger partial charge in [0.05, 0.1) is 15.6 Å². The highest BCUT2D eigenvalue weighted by molar-refractivity contribution is 7.92. The van der Waals surface area contributed by atoms with E-state index in [4.69, 9.17) is 23.2 Å². The predicted octanol–water partition coefficient (Wildman–Crippen LogP) is 4.70. The first kappa shape index (κ1) is 28.5. The Morgan fingerprint density at radius 3 is 2.24 bits per heavy atom. The van der Waals surface area contributed by atoms with Gasteiger partial charge in [0, 0.05) is 18.6 Å². The summed E-state index contributed by atoms with van der Waals surface area (Å²) in [5.41, 5.74) is 1.93. The summed E-state index contributed by atoms with van der Waals surface area (Å²) in [5, 5.41) is 2.93. The summed E-state index contributed by atoms with van der Waals surface area (Å²) >= 11 is 12.6. The molecule has 0 radical (unpaired) electrons. The van der Waals surface area contributed by atoms with Crippen LogP contribution in [0.4, 0.5) is 5.69 Å². The zero-order valence-corrected chi connectivity index (χ0v) is 23.1. The van der Waals surface area contributed by atoms with Gasteiger partial charge in [0.15, 0.2) is 0 Å². The quantitative estimate of drug-likeness (QED) is 0.388. The van der Waals surface area contributed by atoms with Gasteiger partial charge in [0.2, 0.25) is 11.8 Å². The van der Waals surface area contributed by atoms with Crippen LogP contribution in [0.2, 0.25) is 10.0 Å². The van der Waals surface area contributed by atoms with Crippen molar-refractivity contribution in [3.63, 3.8) is 0 Å². The molecule has 37 heavy (non-hydrogen) atoms. The van der Waals surface area contributed by atoms with E-state index in [-0.39, 0.29) is 33.1 Å². The Kier molecular flexibility index (Phi) is 9.59. The number of hydrogen-bond acceptors (Lipinski definition) is 4. The molecule has 0 aliphatic carbocycles. The summed E-state index contributed by atoms with van der Waals surface area (Å²) in [6.07, 6.45) is 0.483. The highest BCUT2D eigenvalue weighted by atomic mass is 35.5. The third kappa shape index (κ3) is 7.03. The Morgan fingerprint density at radius 1 is 0.973 bits per heavy atom. The second-order valence-electron chi connectivity index (χ2n) is 8.53. The maximum atomic E-state index is 13.8. The number of sulfonamides is 1. The molecule has 0 spiro atoms. The smallest absolute Gasteiger partial charge is 0.264 e. The fourth-order valence-corrected chi connectivity index (χ4v) is 5.67. The topological polar surface area (TPSA) is 86.8 Å². The van der Waals surface area contributed by atoms with Crippen molar-refractivity contribution < 1.29 is 18.0 Å². The van der Waals surface area contributed by atoms with Crippen molar-refractivity contribution in [2.24, 2.45) is 0 Å². The van der Waals surface area contributed by atoms with Crippen molar-refractivity contribution in [3.05, 3.63) is 94.0 Å². The van der Waals surface area contributed by atoms with Gasteiger partial charge in [-0.15, -0.1) is 0 Å². The van der Waals surface area contributed by atoms with Crippen LogP contribution in [0.15, 0.2) is 77.7 Å². The van der Waals surface area contributed by atoms with Crippen LogP contribution in [0.1, 0.15) is 18.1 Å². The van der Waals surface area contributed by atoms with Crippen LogP contribution in [-0.4, -0.2) is 51.3 Å². The first-order chi connectivity index (χ1) is 17.5. The van der Waals surface area contributed by atoms with Crippen LogP contribution in [0.5, 0.6) is 0 Å². The van der Waals surface area contributed by atoms with Gasteiger partial charge >= 0.3 is 0 Å². The van der Waals surface area contributed by atoms with Crippen LogP contribution >= 0.6 is 23.2 Å². The largest absolute Gasteiger partial charge is 0.357 e. The minimum Gasteiger partial charge on any atom is -0.357 e. The van der Waals surface area contributed by atoms with Crippen molar-refractivity contribution in [1.82, 2.24) is 10.2 Å². The summed E-state index contributed by atoms with van der Waals surface area (Å²) in [5.74, 6) is -0.922. The van der Waals surface area contributed by atoms with E-state index in [0.29, 0.717) is 6.42 Å². The molecule has 0 unspecified atom stereocenters. The summed E-state index contributed by atoms with van der Waals surface area (Å²) in [6.45, 7) is 3.08. The number of anilines is 1. The van der Waals surface area contributed by atoms with Gasteiger partial charge in [-0.05, 0) is 56.2 Å². The third-order valence-electron chi connectivity index (χ3n) is 5.96. The number of carbonyl (C=O) groups is 2. The summed E-state index contributed by atoms with van der Waals surface area (Å²) < 4.78 is 28.5. The van der Waals surface area contributed by atoms with E-state index in [1.165, 1.54) is 42.3 Å². The Labute approximate surface area is 228 Å². The first-order valence-corrected chi connectivity index (χ1v) is 13.8. The van der Waals surface area contributed by atoms with Crippen molar-refractivity contribution in [2.45, 2.75) is 31.2 Å². The van der Waals surface area contributed by atoms with Gasteiger partial charge in [0.1, 0.15) is 12.6 Å². The van der Waals surface area contributed by atoms with Crippen LogP contribution in [0.25, 0.3) is 0 Å². The molecule has 2 amide bonds. The maximum Gasteiger partial charge on any atom is 0.264 e. The SMILES string of the molecule is CNC(=O)[C@@H](C)N(CCc1ccccc1)C(=O)CN(c1cc(Cl)ccc1Cl)S(=O)(=O)c1ccc(C)cc1. The van der Waals surface area contributed by atoms with Crippen LogP contribution in [0.3, 0.4) is 0 Å². The molecule has 10 heteroatoms. The monoisotopic (exact) mass is 561 g/mol. The molecule has 7 nitrogen and oxygen atoms in total. The van der Waals surface area contributed by atoms with Gasteiger partial charge in [-0.2, -0.15) is 0 Å². The highest BCUT2D eigenvalue weighted by Crippen LogP contribution is 2.33. The highest BCUT2D eigenvalue weighted by Gasteiger charge is 2.33. The van der Waals surface area contributed by atoms with E-state index in [1.54, 1.807) is 19.1 Å². The predicted molar refractivity (Wildman–Crippen MR) is 148 cm³/mol. The number of likely N-dealkylation sites (N-methyl/N-ethyl adjacent to an activating group) is 1. The number of rotatable bonds is 10. The lowest BCUT2D eigenvalue weighted by molar-refractivity contribution is -0.138. The molecule has 0 aliphatic heterocycles. The van der Waals surface area contributed by atoms with Crippen LogP contribution in [-0.2, 0) is 26.0 Å². The molecule has 0 heterocycles. The van der Waals surface area contributed by atoms with Gasteiger partial charge in [-0.3, -0.25) is 13.9 Å². The zero-order valence-electron chi connectivity index (χ0n) is 20.8. The van der Waals surface area contributed by atoms with Gasteiger partial charge in [0.25, 0.3) is 10.0 Å². The number of nitrogens with zero attached hydrogens (tertiary/aromatic N) is 2. The number of nitrogens with one attached hydrogen (secondary N) is 1. The first-order valence-electron chi connectivity index (χ1n) is 11.6. The second kappa shape index (κ2) is 12.4. The molecule has 3 rings (SSSR count). The molecule has 1 N–H and O–H groups in total. The minimum absolute atomic E-state index is 0.00266. The number of aryl methyl sites for hydroxylation is 1. The molecule has 0 fully saturated rings. The number of amides is 2. The summed E-state index contributed by atoms with van der Waals surface area (Å²) in [6, 6.07) is 19.4. The Balaban J connectivity index is 2.02. The fourth-order valence-electron chi connectivity index (χ4n) is 3.81. The molecule has 1 atom stereocenters. The fraction of sp³-hybridized carbons (Fsp3) is 0.259. The van der Waals surface area contributed by atoms with Crippen LogP contribution < -0.4 is 9.62 Å². The minimum atomic E-state index is -4.22. The van der Waals surface area contributed by atoms with E-state index in [9.17, 15) is 18.0 Å². The van der Waals surface area contributed by atoms with E-state index >= 15 is 0 Å². The van der Waals surface area contributed by atoms with Gasteiger partial charge in [-0.25, -0.2) is 8.42 Å². The summed E-state index contributed by atoms with van der Waals surface area (Å²) in [7, 11) is -2.73. The van der Waals surface area contributed by atoms with E-state index in [0.717, 1.165) is 15.4 Å². The van der Waals surface area contributed by atoms with E-state index in [1.807, 2.05) is 37.3 Å². The number of carbonyl (C=O) groups excluding carboxylic acids is 2. The third-order valence-corrected chi connectivity index (χ3v) is 8.29. The second-order valence-corrected chi connectivity index (χ2v) is 11.2. The average molecular weight is 563 g/mol. The Bertz CT molecular complexity index is 1350. The lowest BCUT2D eigenvalue weighted by Crippen LogP contribution is -2.51. The van der Waals surface area contributed by atoms with E-state index in [2.05, 4.69) is 5.32 Å². The molecule has 0 aliphatic rings. The van der Waals surface area contributed by atoms with Gasteiger partial charge < -0.3 is 10.2 Å². The number of benzene rings is 3. The summed E-state index contributed by atoms with van der Waals surface area (Å²) in [4.78, 5) is 27.6. The Hall–Kier alpha value is -3.07. The van der Waals surface area contributed by atoms with E-state index < -0.39 is 28.5 Å². The standard InChI is InChI=1S/C27H29Cl2N3O4S/c1-19-9-12-23(13-10-19)37(35,36)32(25-17-22(28)11-14-24(25)29)18-26(33)31(20(2)27(34)30-3)16-15-21-7-5-4-6-8-21/h4-14,17,20H,15-16,18H2,1-3H3,(H,30,34)/t20-/m1/s1. The Morgan fingerprint density at radius 2 is 1.62 bits per heavy atom. The lowest BCUT2D eigenvalue weighted by atomic mass is 10.1. The molecule has 3 aromatic carbocycles. The molecule has 0 saturated carbocycles. The van der Waals surface area contributed by atoms with Crippen molar-refractivity contribution in [1.29, 1.82) is 0 Å². The van der Waals surface area contributed by atoms with Crippen molar-refractivity contribution in [3.8, 4) is 0 Å². The molecule has 3 aromatic rings. The zero-order chi connectivity index (χ0) is 27.2. The molecular weight excluding hydrogens is 533 g/mol. The number of halogens is 2. The average Bonchev–Trinajstić information content (AvgIpc) is 2.89. The normalized spacial score (nSPS) is 12.0. The number of hydrogen-bond donors (Lipinski definition) is 1. The molecular formula is C27H29Cl2N3O4S. The molecule has 196 valence electrons. The van der Waals surface area contributed by atoms with Gasteiger partial charge in [-0.1, -0.05) is 71.2 Å². The van der Waals surface area contributed by atoms with Crippen molar-refractivity contribution in [2.75, 3.05) is 24.4 Å².